The summed E-state index contributed by atoms with van der Waals surface area (Å²) in [6.45, 7) is 4.83. The zero-order chi connectivity index (χ0) is 20.9. The lowest BCUT2D eigenvalue weighted by Crippen LogP contribution is -1.95. The largest absolute Gasteiger partial charge is 0.489 e. The summed E-state index contributed by atoms with van der Waals surface area (Å²) in [6.07, 6.45) is 3.40. The highest BCUT2D eigenvalue weighted by atomic mass is 35.5. The van der Waals surface area contributed by atoms with E-state index in [0.29, 0.717) is 18.3 Å². The fourth-order valence-corrected chi connectivity index (χ4v) is 3.51. The second-order valence-corrected chi connectivity index (χ2v) is 8.07. The molecule has 0 radical (unpaired) electrons. The summed E-state index contributed by atoms with van der Waals surface area (Å²) in [6, 6.07) is 19.9. The van der Waals surface area contributed by atoms with Gasteiger partial charge in [0.05, 0.1) is 0 Å². The molecule has 5 heteroatoms. The highest BCUT2D eigenvalue weighted by molar-refractivity contribution is 6.30. The van der Waals surface area contributed by atoms with E-state index in [9.17, 15) is 0 Å². The van der Waals surface area contributed by atoms with Gasteiger partial charge in [-0.3, -0.25) is 0 Å². The van der Waals surface area contributed by atoms with Crippen LogP contribution in [-0.2, 0) is 6.61 Å². The molecule has 0 N–H and O–H groups in total. The van der Waals surface area contributed by atoms with E-state index in [1.54, 1.807) is 0 Å². The molecule has 4 aromatic rings. The molecule has 1 atom stereocenters. The molecular weight excluding hydrogens is 396 g/mol. The number of fused-ring (bicyclic) bond motifs is 1. The first-order valence-corrected chi connectivity index (χ1v) is 10.7. The number of unbranched alkanes of at least 4 members (excludes halogenated alkanes) is 1. The van der Waals surface area contributed by atoms with Crippen LogP contribution >= 0.6 is 11.6 Å². The van der Waals surface area contributed by atoms with Crippen LogP contribution in [0.5, 0.6) is 5.75 Å². The molecule has 0 fully saturated rings. The maximum absolute atomic E-state index is 5.93. The lowest BCUT2D eigenvalue weighted by molar-refractivity contribution is 0.306. The number of benzene rings is 3. The molecule has 0 saturated heterocycles. The Morgan fingerprint density at radius 1 is 1.00 bits per heavy atom. The molecular formula is C25H25ClN2O2. The summed E-state index contributed by atoms with van der Waals surface area (Å²) in [5, 5.41) is 7.13. The van der Waals surface area contributed by atoms with E-state index >= 15 is 0 Å². The summed E-state index contributed by atoms with van der Waals surface area (Å²) >= 11 is 5.93. The van der Waals surface area contributed by atoms with Crippen LogP contribution in [0.2, 0.25) is 5.02 Å². The van der Waals surface area contributed by atoms with Crippen LogP contribution < -0.4 is 4.74 Å². The summed E-state index contributed by atoms with van der Waals surface area (Å²) < 4.78 is 11.4. The first-order valence-electron chi connectivity index (χ1n) is 10.4. The molecule has 30 heavy (non-hydrogen) atoms. The molecule has 0 aliphatic rings. The van der Waals surface area contributed by atoms with Gasteiger partial charge in [-0.1, -0.05) is 73.8 Å². The third kappa shape index (κ3) is 4.82. The molecule has 1 unspecified atom stereocenters. The standard InChI is InChI=1S/C25H25ClN2O2/c1-3-4-5-17(2)25-27-24(28-30-25)21-9-8-20-15-23(13-10-19(20)14-21)29-16-18-6-11-22(26)12-7-18/h6-15,17H,3-5,16H2,1-2H3. The van der Waals surface area contributed by atoms with E-state index in [4.69, 9.17) is 20.9 Å². The van der Waals surface area contributed by atoms with Crippen LogP contribution in [0.25, 0.3) is 22.2 Å². The van der Waals surface area contributed by atoms with E-state index in [0.717, 1.165) is 45.5 Å². The Bertz CT molecular complexity index is 1120. The Kier molecular flexibility index (Phi) is 6.34. The van der Waals surface area contributed by atoms with Crippen LogP contribution in [0.15, 0.2) is 65.2 Å². The van der Waals surface area contributed by atoms with Crippen molar-refractivity contribution in [2.75, 3.05) is 0 Å². The van der Waals surface area contributed by atoms with Gasteiger partial charge in [-0.15, -0.1) is 0 Å². The lowest BCUT2D eigenvalue weighted by atomic mass is 10.0. The summed E-state index contributed by atoms with van der Waals surface area (Å²) in [5.41, 5.74) is 2.03. The van der Waals surface area contributed by atoms with Gasteiger partial charge in [0.2, 0.25) is 11.7 Å². The first kappa shape index (κ1) is 20.4. The minimum absolute atomic E-state index is 0.284. The van der Waals surface area contributed by atoms with Gasteiger partial charge in [-0.2, -0.15) is 4.98 Å². The second-order valence-electron chi connectivity index (χ2n) is 7.64. The molecule has 0 spiro atoms. The number of hydrogen-bond donors (Lipinski definition) is 0. The highest BCUT2D eigenvalue weighted by Crippen LogP contribution is 2.28. The topological polar surface area (TPSA) is 48.2 Å². The SMILES string of the molecule is CCCCC(C)c1nc(-c2ccc3cc(OCc4ccc(Cl)cc4)ccc3c2)no1. The molecule has 0 bridgehead atoms. The van der Waals surface area contributed by atoms with Gasteiger partial charge in [0, 0.05) is 16.5 Å². The minimum Gasteiger partial charge on any atom is -0.489 e. The summed E-state index contributed by atoms with van der Waals surface area (Å²) in [4.78, 5) is 4.62. The third-order valence-electron chi connectivity index (χ3n) is 5.24. The van der Waals surface area contributed by atoms with E-state index in [-0.39, 0.29) is 5.92 Å². The van der Waals surface area contributed by atoms with Crippen molar-refractivity contribution in [1.29, 1.82) is 0 Å². The monoisotopic (exact) mass is 420 g/mol. The van der Waals surface area contributed by atoms with Crippen molar-refractivity contribution in [3.05, 3.63) is 77.1 Å². The highest BCUT2D eigenvalue weighted by Gasteiger charge is 2.15. The fraction of sp³-hybridized carbons (Fsp3) is 0.280. The Morgan fingerprint density at radius 2 is 1.77 bits per heavy atom. The number of ether oxygens (including phenoxy) is 1. The average molecular weight is 421 g/mol. The molecule has 0 aliphatic heterocycles. The molecule has 4 rings (SSSR count). The van der Waals surface area contributed by atoms with Crippen LogP contribution in [0, 0.1) is 0 Å². The van der Waals surface area contributed by atoms with Gasteiger partial charge in [-0.05, 0) is 53.1 Å². The average Bonchev–Trinajstić information content (AvgIpc) is 3.27. The third-order valence-corrected chi connectivity index (χ3v) is 5.49. The number of nitrogens with zero attached hydrogens (tertiary/aromatic N) is 2. The fourth-order valence-electron chi connectivity index (χ4n) is 3.39. The number of halogens is 1. The van der Waals surface area contributed by atoms with Gasteiger partial charge < -0.3 is 9.26 Å². The first-order chi connectivity index (χ1) is 14.6. The smallest absolute Gasteiger partial charge is 0.229 e. The number of aromatic nitrogens is 2. The van der Waals surface area contributed by atoms with Crippen molar-refractivity contribution in [3.8, 4) is 17.1 Å². The van der Waals surface area contributed by atoms with Crippen LogP contribution in [0.4, 0.5) is 0 Å². The minimum atomic E-state index is 0.284. The lowest BCUT2D eigenvalue weighted by Gasteiger charge is -2.08. The van der Waals surface area contributed by atoms with Crippen LogP contribution in [-0.4, -0.2) is 10.1 Å². The summed E-state index contributed by atoms with van der Waals surface area (Å²) in [5.74, 6) is 2.46. The van der Waals surface area contributed by atoms with Crippen molar-refractivity contribution in [3.63, 3.8) is 0 Å². The van der Waals surface area contributed by atoms with Crippen molar-refractivity contribution < 1.29 is 9.26 Å². The van der Waals surface area contributed by atoms with Crippen LogP contribution in [0.3, 0.4) is 0 Å². The van der Waals surface area contributed by atoms with Crippen LogP contribution in [0.1, 0.15) is 50.5 Å². The number of rotatable bonds is 8. The predicted molar refractivity (Wildman–Crippen MR) is 121 cm³/mol. The number of hydrogen-bond acceptors (Lipinski definition) is 4. The summed E-state index contributed by atoms with van der Waals surface area (Å²) in [7, 11) is 0. The Balaban J connectivity index is 1.48. The molecule has 1 heterocycles. The molecule has 154 valence electrons. The van der Waals surface area contributed by atoms with E-state index < -0.39 is 0 Å². The molecule has 4 nitrogen and oxygen atoms in total. The van der Waals surface area contributed by atoms with Gasteiger partial charge in [0.1, 0.15) is 12.4 Å². The molecule has 0 aliphatic carbocycles. The maximum atomic E-state index is 5.93. The normalized spacial score (nSPS) is 12.2. The van der Waals surface area contributed by atoms with E-state index in [2.05, 4.69) is 42.2 Å². The van der Waals surface area contributed by atoms with Gasteiger partial charge >= 0.3 is 0 Å². The zero-order valence-electron chi connectivity index (χ0n) is 17.3. The van der Waals surface area contributed by atoms with Gasteiger partial charge in [-0.25, -0.2) is 0 Å². The van der Waals surface area contributed by atoms with Gasteiger partial charge in [0.15, 0.2) is 0 Å². The predicted octanol–water partition coefficient (Wildman–Crippen LogP) is 7.42. The van der Waals surface area contributed by atoms with Crippen molar-refractivity contribution in [1.82, 2.24) is 10.1 Å². The Morgan fingerprint density at radius 3 is 2.57 bits per heavy atom. The molecule has 3 aromatic carbocycles. The maximum Gasteiger partial charge on any atom is 0.229 e. The quantitative estimate of drug-likeness (QED) is 0.297. The molecule has 0 saturated carbocycles. The van der Waals surface area contributed by atoms with Crippen molar-refractivity contribution in [2.24, 2.45) is 0 Å². The van der Waals surface area contributed by atoms with Gasteiger partial charge in [0.25, 0.3) is 0 Å². The molecule has 1 aromatic heterocycles. The molecule has 0 amide bonds. The Labute approximate surface area is 181 Å². The van der Waals surface area contributed by atoms with E-state index in [1.165, 1.54) is 6.42 Å². The second kappa shape index (κ2) is 9.31. The van der Waals surface area contributed by atoms with Crippen molar-refractivity contribution >= 4 is 22.4 Å². The Hall–Kier alpha value is -2.85. The van der Waals surface area contributed by atoms with E-state index in [1.807, 2.05) is 42.5 Å². The zero-order valence-corrected chi connectivity index (χ0v) is 18.0. The van der Waals surface area contributed by atoms with Crippen molar-refractivity contribution in [2.45, 2.75) is 45.6 Å².